The number of benzene rings is 1. The number of amides is 1. The molecule has 1 amide bonds. The molecule has 3 aliphatic carbocycles. The van der Waals surface area contributed by atoms with Gasteiger partial charge in [-0.1, -0.05) is 31.4 Å². The number of halogens is 1. The summed E-state index contributed by atoms with van der Waals surface area (Å²) in [4.78, 5) is 12.3. The van der Waals surface area contributed by atoms with Crippen molar-refractivity contribution in [3.8, 4) is 0 Å². The Morgan fingerprint density at radius 3 is 2.61 bits per heavy atom. The largest absolute Gasteiger partial charge is 0.272 e. The quantitative estimate of drug-likeness (QED) is 0.744. The minimum absolute atomic E-state index is 0.120. The summed E-state index contributed by atoms with van der Waals surface area (Å²) in [7, 11) is 0. The number of hydrogen-bond acceptors (Lipinski definition) is 2. The lowest BCUT2D eigenvalue weighted by Crippen LogP contribution is -2.46. The van der Waals surface area contributed by atoms with Crippen LogP contribution in [-0.2, 0) is 0 Å². The zero-order valence-electron chi connectivity index (χ0n) is 13.3. The van der Waals surface area contributed by atoms with E-state index < -0.39 is 0 Å². The maximum Gasteiger partial charge on any atom is 0.272 e. The third-order valence-electron chi connectivity index (χ3n) is 6.14. The van der Waals surface area contributed by atoms with Gasteiger partial charge in [-0.15, -0.1) is 0 Å². The van der Waals surface area contributed by atoms with Gasteiger partial charge in [0.05, 0.1) is 5.56 Å². The second-order valence-electron chi connectivity index (χ2n) is 7.22. The molecule has 3 fully saturated rings. The van der Waals surface area contributed by atoms with Crippen LogP contribution in [0.25, 0.3) is 0 Å². The Bertz CT molecular complexity index is 642. The zero-order valence-corrected chi connectivity index (χ0v) is 14.9. The van der Waals surface area contributed by atoms with Crippen molar-refractivity contribution in [1.29, 1.82) is 0 Å². The van der Waals surface area contributed by atoms with Crippen LogP contribution in [-0.4, -0.2) is 11.6 Å². The summed E-state index contributed by atoms with van der Waals surface area (Å²) in [6.45, 7) is 0. The highest BCUT2D eigenvalue weighted by molar-refractivity contribution is 9.10. The molecule has 1 N–H and O–H groups in total. The lowest BCUT2D eigenvalue weighted by molar-refractivity contribution is 0.0280. The van der Waals surface area contributed by atoms with Crippen molar-refractivity contribution in [3.63, 3.8) is 0 Å². The van der Waals surface area contributed by atoms with Gasteiger partial charge in [-0.25, -0.2) is 5.43 Å². The average Bonchev–Trinajstić information content (AvgIpc) is 2.78. The Morgan fingerprint density at radius 2 is 1.78 bits per heavy atom. The highest BCUT2D eigenvalue weighted by atomic mass is 79.9. The monoisotopic (exact) mass is 374 g/mol. The van der Waals surface area contributed by atoms with Crippen molar-refractivity contribution in [2.75, 3.05) is 0 Å². The maximum absolute atomic E-state index is 12.3. The molecule has 0 heterocycles. The molecule has 0 spiro atoms. The van der Waals surface area contributed by atoms with Gasteiger partial charge in [0.15, 0.2) is 0 Å². The first-order chi connectivity index (χ1) is 11.3. The lowest BCUT2D eigenvalue weighted by Gasteiger charge is -2.48. The first-order valence-corrected chi connectivity index (χ1v) is 9.66. The third kappa shape index (κ3) is 2.75. The van der Waals surface area contributed by atoms with E-state index in [0.717, 1.165) is 28.6 Å². The van der Waals surface area contributed by atoms with E-state index in [1.54, 1.807) is 0 Å². The molecule has 1 aromatic rings. The van der Waals surface area contributed by atoms with Crippen molar-refractivity contribution in [3.05, 3.63) is 34.3 Å². The van der Waals surface area contributed by atoms with Crippen LogP contribution in [0.4, 0.5) is 0 Å². The van der Waals surface area contributed by atoms with Gasteiger partial charge in [0.1, 0.15) is 0 Å². The Morgan fingerprint density at radius 1 is 1.04 bits per heavy atom. The molecular formula is C19H23BrN2O. The number of hydrogen-bond donors (Lipinski definition) is 1. The normalized spacial score (nSPS) is 34.2. The van der Waals surface area contributed by atoms with Gasteiger partial charge in [-0.05, 0) is 71.5 Å². The van der Waals surface area contributed by atoms with Gasteiger partial charge in [0, 0.05) is 16.1 Å². The molecule has 3 aliphatic rings. The van der Waals surface area contributed by atoms with Gasteiger partial charge in [0.2, 0.25) is 0 Å². The fourth-order valence-corrected chi connectivity index (χ4v) is 5.57. The molecule has 0 bridgehead atoms. The van der Waals surface area contributed by atoms with E-state index in [-0.39, 0.29) is 5.91 Å². The molecule has 3 nitrogen and oxygen atoms in total. The predicted octanol–water partition coefficient (Wildman–Crippen LogP) is 4.77. The average molecular weight is 375 g/mol. The van der Waals surface area contributed by atoms with Crippen LogP contribution in [0.3, 0.4) is 0 Å². The molecule has 0 saturated heterocycles. The minimum Gasteiger partial charge on any atom is -0.267 e. The van der Waals surface area contributed by atoms with E-state index in [2.05, 4.69) is 26.5 Å². The zero-order chi connectivity index (χ0) is 15.8. The third-order valence-corrected chi connectivity index (χ3v) is 6.83. The summed E-state index contributed by atoms with van der Waals surface area (Å²) in [6, 6.07) is 7.49. The number of carbonyl (C=O) groups excluding carboxylic acids is 1. The van der Waals surface area contributed by atoms with Crippen molar-refractivity contribution in [1.82, 2.24) is 5.43 Å². The summed E-state index contributed by atoms with van der Waals surface area (Å²) in [5.74, 6) is 3.15. The SMILES string of the molecule is O=C(N/N=C1\CC[C@@H]2[C@@H]3CCCCC[C@@H]3[C@H]12)c1ccccc1Br. The van der Waals surface area contributed by atoms with E-state index in [4.69, 9.17) is 0 Å². The van der Waals surface area contributed by atoms with Crippen molar-refractivity contribution < 1.29 is 4.79 Å². The van der Waals surface area contributed by atoms with Gasteiger partial charge >= 0.3 is 0 Å². The second-order valence-corrected chi connectivity index (χ2v) is 8.07. The van der Waals surface area contributed by atoms with E-state index >= 15 is 0 Å². The molecule has 0 aromatic heterocycles. The molecule has 4 heteroatoms. The molecule has 23 heavy (non-hydrogen) atoms. The molecule has 0 unspecified atom stereocenters. The number of nitrogens with one attached hydrogen (secondary N) is 1. The summed E-state index contributed by atoms with van der Waals surface area (Å²) >= 11 is 3.43. The molecule has 0 aliphatic heterocycles. The minimum atomic E-state index is -0.120. The lowest BCUT2D eigenvalue weighted by atomic mass is 9.56. The van der Waals surface area contributed by atoms with E-state index in [9.17, 15) is 4.79 Å². The van der Waals surface area contributed by atoms with E-state index in [1.165, 1.54) is 44.2 Å². The summed E-state index contributed by atoms with van der Waals surface area (Å²) < 4.78 is 0.814. The van der Waals surface area contributed by atoms with Crippen LogP contribution in [0, 0.1) is 23.7 Å². The number of rotatable bonds is 2. The number of hydrazone groups is 1. The van der Waals surface area contributed by atoms with Crippen LogP contribution in [0.1, 0.15) is 55.3 Å². The van der Waals surface area contributed by atoms with Gasteiger partial charge in [-0.3, -0.25) is 4.79 Å². The van der Waals surface area contributed by atoms with E-state index in [0.29, 0.717) is 11.5 Å². The second kappa shape index (κ2) is 6.39. The van der Waals surface area contributed by atoms with Crippen molar-refractivity contribution in [2.24, 2.45) is 28.8 Å². The molecule has 0 radical (unpaired) electrons. The molecule has 4 atom stereocenters. The fourth-order valence-electron chi connectivity index (χ4n) is 5.11. The van der Waals surface area contributed by atoms with Crippen molar-refractivity contribution in [2.45, 2.75) is 44.9 Å². The van der Waals surface area contributed by atoms with Gasteiger partial charge in [0.25, 0.3) is 5.91 Å². The van der Waals surface area contributed by atoms with Gasteiger partial charge in [-0.2, -0.15) is 5.10 Å². The first kappa shape index (κ1) is 15.4. The number of carbonyl (C=O) groups is 1. The highest BCUT2D eigenvalue weighted by Gasteiger charge is 2.54. The summed E-state index contributed by atoms with van der Waals surface area (Å²) in [5.41, 5.74) is 4.69. The highest BCUT2D eigenvalue weighted by Crippen LogP contribution is 2.58. The Labute approximate surface area is 146 Å². The molecule has 3 saturated carbocycles. The molecular weight excluding hydrogens is 352 g/mol. The summed E-state index contributed by atoms with van der Waals surface area (Å²) in [6.07, 6.45) is 9.31. The fraction of sp³-hybridized carbons (Fsp3) is 0.579. The van der Waals surface area contributed by atoms with Crippen LogP contribution >= 0.6 is 15.9 Å². The Hall–Kier alpha value is -1.16. The molecule has 122 valence electrons. The number of fused-ring (bicyclic) bond motifs is 4. The molecule has 1 aromatic carbocycles. The van der Waals surface area contributed by atoms with Crippen molar-refractivity contribution >= 4 is 27.5 Å². The van der Waals surface area contributed by atoms with Crippen LogP contribution < -0.4 is 5.43 Å². The number of nitrogens with zero attached hydrogens (tertiary/aromatic N) is 1. The smallest absolute Gasteiger partial charge is 0.267 e. The predicted molar refractivity (Wildman–Crippen MR) is 95.3 cm³/mol. The summed E-state index contributed by atoms with van der Waals surface area (Å²) in [5, 5.41) is 4.54. The standard InChI is InChI=1S/C19H23BrN2O/c20-16-9-5-4-8-15(16)19(23)22-21-17-11-10-14-12-6-2-1-3-7-13(12)18(14)17/h4-5,8-9,12-14,18H,1-3,6-7,10-11H2,(H,22,23)/b21-17+/t12-,13+,14-,18+/m1/s1. The maximum atomic E-state index is 12.3. The first-order valence-electron chi connectivity index (χ1n) is 8.87. The Balaban J connectivity index is 1.45. The van der Waals surface area contributed by atoms with Gasteiger partial charge < -0.3 is 0 Å². The van der Waals surface area contributed by atoms with Crippen LogP contribution in [0.5, 0.6) is 0 Å². The van der Waals surface area contributed by atoms with Crippen LogP contribution in [0.15, 0.2) is 33.8 Å². The van der Waals surface area contributed by atoms with E-state index in [1.807, 2.05) is 24.3 Å². The topological polar surface area (TPSA) is 41.5 Å². The molecule has 4 rings (SSSR count). The van der Waals surface area contributed by atoms with Crippen LogP contribution in [0.2, 0.25) is 0 Å². The Kier molecular flexibility index (Phi) is 4.27.